The quantitative estimate of drug-likeness (QED) is 0.437. The maximum atomic E-state index is 13.7. The average molecular weight is 566 g/mol. The number of alkyl halides is 6. The van der Waals surface area contributed by atoms with Crippen molar-refractivity contribution in [1.82, 2.24) is 28.8 Å². The van der Waals surface area contributed by atoms with Gasteiger partial charge in [0.25, 0.3) is 0 Å². The molecule has 3 aromatic rings. The Balaban J connectivity index is 1.67. The van der Waals surface area contributed by atoms with Gasteiger partial charge in [-0.2, -0.15) is 26.3 Å². The Labute approximate surface area is 212 Å². The molecule has 1 aliphatic rings. The number of nitrogens with one attached hydrogen (secondary N) is 1. The van der Waals surface area contributed by atoms with E-state index in [0.29, 0.717) is 19.0 Å². The molecule has 2 N–H and O–H groups in total. The first-order valence-corrected chi connectivity index (χ1v) is 12.9. The smallest absolute Gasteiger partial charge is 0.390 e. The van der Waals surface area contributed by atoms with Gasteiger partial charge in [0, 0.05) is 31.5 Å². The highest BCUT2D eigenvalue weighted by molar-refractivity contribution is 7.88. The first-order valence-electron chi connectivity index (χ1n) is 11.1. The summed E-state index contributed by atoms with van der Waals surface area (Å²) in [5.41, 5.74) is -4.37. The third-order valence-electron chi connectivity index (χ3n) is 5.82. The van der Waals surface area contributed by atoms with Gasteiger partial charge in [-0.15, -0.1) is 0 Å². The van der Waals surface area contributed by atoms with Crippen molar-refractivity contribution < 1.29 is 39.9 Å². The first-order chi connectivity index (χ1) is 17.7. The highest BCUT2D eigenvalue weighted by Crippen LogP contribution is 2.37. The fraction of sp³-hybridized carbons (Fsp3) is 0.429. The van der Waals surface area contributed by atoms with Crippen LogP contribution in [0.25, 0.3) is 17.1 Å². The number of aliphatic hydroxyl groups is 1. The molecule has 1 saturated heterocycles. The van der Waals surface area contributed by atoms with Crippen LogP contribution in [0.1, 0.15) is 29.8 Å². The maximum Gasteiger partial charge on any atom is 0.435 e. The van der Waals surface area contributed by atoms with E-state index in [-0.39, 0.29) is 36.5 Å². The van der Waals surface area contributed by atoms with Gasteiger partial charge in [-0.1, -0.05) is 0 Å². The van der Waals surface area contributed by atoms with Gasteiger partial charge in [0.15, 0.2) is 5.69 Å². The number of piperidine rings is 1. The van der Waals surface area contributed by atoms with Gasteiger partial charge >= 0.3 is 12.4 Å². The second-order valence-corrected chi connectivity index (χ2v) is 10.5. The van der Waals surface area contributed by atoms with Gasteiger partial charge in [0.05, 0.1) is 24.2 Å². The number of aromatic nitrogens is 5. The minimum absolute atomic E-state index is 0.176. The fourth-order valence-electron chi connectivity index (χ4n) is 3.94. The van der Waals surface area contributed by atoms with Crippen LogP contribution in [-0.4, -0.2) is 67.7 Å². The van der Waals surface area contributed by atoms with Crippen molar-refractivity contribution in [3.05, 3.63) is 47.8 Å². The Kier molecular flexibility index (Phi) is 7.37. The number of aliphatic hydroxyl groups excluding tert-OH is 1. The average Bonchev–Trinajstić information content (AvgIpc) is 3.32. The third-order valence-corrected chi connectivity index (χ3v) is 7.12. The molecule has 1 aliphatic heterocycles. The molecule has 0 aromatic carbocycles. The zero-order chi connectivity index (χ0) is 27.9. The van der Waals surface area contributed by atoms with Crippen LogP contribution < -0.4 is 5.32 Å². The van der Waals surface area contributed by atoms with Crippen molar-refractivity contribution in [2.45, 2.75) is 37.8 Å². The minimum atomic E-state index is -4.92. The number of anilines is 1. The third kappa shape index (κ3) is 6.05. The van der Waals surface area contributed by atoms with E-state index in [1.165, 1.54) is 4.31 Å². The fourth-order valence-corrected chi connectivity index (χ4v) is 4.82. The number of sulfonamides is 1. The Morgan fingerprint density at radius 2 is 1.74 bits per heavy atom. The molecule has 17 heteroatoms. The van der Waals surface area contributed by atoms with E-state index in [1.807, 2.05) is 0 Å². The molecule has 0 atom stereocenters. The van der Waals surface area contributed by atoms with E-state index >= 15 is 0 Å². The molecule has 0 amide bonds. The van der Waals surface area contributed by atoms with Gasteiger partial charge in [0.2, 0.25) is 16.0 Å². The van der Waals surface area contributed by atoms with E-state index in [2.05, 4.69) is 25.3 Å². The van der Waals surface area contributed by atoms with Crippen LogP contribution in [-0.2, 0) is 29.0 Å². The molecule has 0 aliphatic carbocycles. The highest BCUT2D eigenvalue weighted by atomic mass is 32.2. The molecule has 0 spiro atoms. The second-order valence-electron chi connectivity index (χ2n) is 8.53. The van der Waals surface area contributed by atoms with Crippen LogP contribution in [0.15, 0.2) is 30.9 Å². The van der Waals surface area contributed by atoms with Gasteiger partial charge in [-0.25, -0.2) is 32.7 Å². The van der Waals surface area contributed by atoms with Crippen LogP contribution in [0.4, 0.5) is 32.3 Å². The molecular formula is C21H21F6N7O3S. The number of pyridine rings is 1. The van der Waals surface area contributed by atoms with Crippen LogP contribution in [0.3, 0.4) is 0 Å². The van der Waals surface area contributed by atoms with Gasteiger partial charge in [0.1, 0.15) is 23.3 Å². The van der Waals surface area contributed by atoms with E-state index in [4.69, 9.17) is 5.11 Å². The molecule has 0 radical (unpaired) electrons. The summed E-state index contributed by atoms with van der Waals surface area (Å²) in [5.74, 6) is -0.176. The summed E-state index contributed by atoms with van der Waals surface area (Å²) in [6.45, 7) is -0.324. The number of halogens is 6. The summed E-state index contributed by atoms with van der Waals surface area (Å²) < 4.78 is 107. The van der Waals surface area contributed by atoms with Crippen molar-refractivity contribution in [1.29, 1.82) is 0 Å². The van der Waals surface area contributed by atoms with E-state index in [1.54, 1.807) is 0 Å². The van der Waals surface area contributed by atoms with Crippen LogP contribution >= 0.6 is 0 Å². The standard InChI is InChI=1S/C21H21F6N7O3S/c1-38(36,37)34-6-4-12(5-7-34)31-19-28-8-14(20(22,23)24)17(32-19)15-9-33(11-29-15)16-3-2-13(10-35)30-18(16)21(25,26)27/h2-3,8-9,11-12,35H,4-7,10H2,1H3,(H,28,31,32). The lowest BCUT2D eigenvalue weighted by Crippen LogP contribution is -2.42. The molecule has 1 fully saturated rings. The Bertz CT molecular complexity index is 1420. The lowest BCUT2D eigenvalue weighted by atomic mass is 10.1. The minimum Gasteiger partial charge on any atom is -0.390 e. The highest BCUT2D eigenvalue weighted by Gasteiger charge is 2.38. The zero-order valence-electron chi connectivity index (χ0n) is 19.6. The van der Waals surface area contributed by atoms with E-state index in [9.17, 15) is 34.8 Å². The van der Waals surface area contributed by atoms with Crippen molar-refractivity contribution in [3.8, 4) is 17.1 Å². The molecular weight excluding hydrogens is 544 g/mol. The van der Waals surface area contributed by atoms with Crippen molar-refractivity contribution in [3.63, 3.8) is 0 Å². The molecule has 0 bridgehead atoms. The SMILES string of the molecule is CS(=O)(=O)N1CCC(Nc2ncc(C(F)(F)F)c(-c3cn(-c4ccc(CO)nc4C(F)(F)F)cn3)n2)CC1. The zero-order valence-corrected chi connectivity index (χ0v) is 20.4. The lowest BCUT2D eigenvalue weighted by molar-refractivity contribution is -0.141. The van der Waals surface area contributed by atoms with Crippen LogP contribution in [0.2, 0.25) is 0 Å². The molecule has 38 heavy (non-hydrogen) atoms. The molecule has 206 valence electrons. The molecule has 0 saturated carbocycles. The first kappa shape index (κ1) is 27.7. The van der Waals surface area contributed by atoms with Crippen molar-refractivity contribution >= 4 is 16.0 Å². The molecule has 3 aromatic heterocycles. The van der Waals surface area contributed by atoms with Crippen molar-refractivity contribution in [2.24, 2.45) is 0 Å². The number of hydrogen-bond acceptors (Lipinski definition) is 8. The summed E-state index contributed by atoms with van der Waals surface area (Å²) in [5, 5.41) is 12.0. The Morgan fingerprint density at radius 3 is 2.32 bits per heavy atom. The Morgan fingerprint density at radius 1 is 1.05 bits per heavy atom. The largest absolute Gasteiger partial charge is 0.435 e. The molecule has 4 heterocycles. The summed E-state index contributed by atoms with van der Waals surface area (Å²) in [4.78, 5) is 14.9. The number of hydrogen-bond donors (Lipinski definition) is 2. The van der Waals surface area contributed by atoms with E-state index in [0.717, 1.165) is 35.5 Å². The normalized spacial score (nSPS) is 16.1. The van der Waals surface area contributed by atoms with E-state index < -0.39 is 51.6 Å². The summed E-state index contributed by atoms with van der Waals surface area (Å²) in [7, 11) is -3.37. The predicted octanol–water partition coefficient (Wildman–Crippen LogP) is 3.09. The topological polar surface area (TPSA) is 126 Å². The predicted molar refractivity (Wildman–Crippen MR) is 121 cm³/mol. The van der Waals surface area contributed by atoms with Crippen molar-refractivity contribution in [2.75, 3.05) is 24.7 Å². The Hall–Kier alpha value is -3.31. The number of rotatable bonds is 6. The number of nitrogens with zero attached hydrogens (tertiary/aromatic N) is 6. The molecule has 10 nitrogen and oxygen atoms in total. The van der Waals surface area contributed by atoms with Gasteiger partial charge < -0.3 is 15.0 Å². The summed E-state index contributed by atoms with van der Waals surface area (Å²) >= 11 is 0. The summed E-state index contributed by atoms with van der Waals surface area (Å²) in [6.07, 6.45) is -5.60. The summed E-state index contributed by atoms with van der Waals surface area (Å²) in [6, 6.07) is 1.85. The molecule has 0 unspecified atom stereocenters. The van der Waals surface area contributed by atoms with Crippen LogP contribution in [0, 0.1) is 0 Å². The van der Waals surface area contributed by atoms with Gasteiger partial charge in [-0.05, 0) is 25.0 Å². The van der Waals surface area contributed by atoms with Crippen LogP contribution in [0.5, 0.6) is 0 Å². The van der Waals surface area contributed by atoms with Gasteiger partial charge in [-0.3, -0.25) is 0 Å². The monoisotopic (exact) mass is 565 g/mol. The lowest BCUT2D eigenvalue weighted by Gasteiger charge is -2.30. The maximum absolute atomic E-state index is 13.7. The molecule has 4 rings (SSSR count). The number of imidazole rings is 1. The second kappa shape index (κ2) is 10.1.